The van der Waals surface area contributed by atoms with Crippen LogP contribution in [0, 0.1) is 23.0 Å². The molecule has 1 amide bonds. The first-order chi connectivity index (χ1) is 11.9. The van der Waals surface area contributed by atoms with Gasteiger partial charge in [-0.1, -0.05) is 18.2 Å². The fourth-order valence-corrected chi connectivity index (χ4v) is 1.89. The minimum Gasteiger partial charge on any atom is -0.434 e. The minimum atomic E-state index is -3.08. The number of carbonyl (C=O) groups is 1. The van der Waals surface area contributed by atoms with Gasteiger partial charge in [0.1, 0.15) is 29.0 Å². The van der Waals surface area contributed by atoms with Crippen molar-refractivity contribution in [1.29, 1.82) is 5.26 Å². The van der Waals surface area contributed by atoms with Crippen molar-refractivity contribution in [1.82, 2.24) is 0 Å². The van der Waals surface area contributed by atoms with Crippen LogP contribution in [0.25, 0.3) is 6.08 Å². The number of anilines is 1. The molecule has 0 radical (unpaired) electrons. The number of halogens is 4. The van der Waals surface area contributed by atoms with E-state index >= 15 is 0 Å². The van der Waals surface area contributed by atoms with Crippen LogP contribution in [-0.2, 0) is 4.79 Å². The van der Waals surface area contributed by atoms with Crippen LogP contribution in [0.2, 0.25) is 0 Å². The smallest absolute Gasteiger partial charge is 0.387 e. The summed E-state index contributed by atoms with van der Waals surface area (Å²) < 4.78 is 55.5. The van der Waals surface area contributed by atoms with E-state index < -0.39 is 29.7 Å². The van der Waals surface area contributed by atoms with Gasteiger partial charge in [-0.15, -0.1) is 0 Å². The second kappa shape index (κ2) is 7.97. The SMILES string of the molecule is N#C/C(=C\c1ccccc1OC(F)F)C(=O)Nc1ccc(F)cc1F. The number of hydrogen-bond donors (Lipinski definition) is 1. The van der Waals surface area contributed by atoms with E-state index in [1.165, 1.54) is 24.3 Å². The molecule has 0 aliphatic rings. The minimum absolute atomic E-state index is 0.0640. The molecule has 0 saturated carbocycles. The summed E-state index contributed by atoms with van der Waals surface area (Å²) in [7, 11) is 0. The lowest BCUT2D eigenvalue weighted by Gasteiger charge is -2.09. The van der Waals surface area contributed by atoms with Crippen molar-refractivity contribution in [2.75, 3.05) is 5.32 Å². The second-order valence-electron chi connectivity index (χ2n) is 4.66. The Labute approximate surface area is 140 Å². The summed E-state index contributed by atoms with van der Waals surface area (Å²) >= 11 is 0. The van der Waals surface area contributed by atoms with Gasteiger partial charge in [-0.25, -0.2) is 8.78 Å². The first kappa shape index (κ1) is 18.0. The van der Waals surface area contributed by atoms with E-state index in [4.69, 9.17) is 5.26 Å². The van der Waals surface area contributed by atoms with Gasteiger partial charge in [-0.05, 0) is 24.3 Å². The molecule has 0 fully saturated rings. The molecule has 2 aromatic rings. The third kappa shape index (κ3) is 4.81. The van der Waals surface area contributed by atoms with E-state index in [9.17, 15) is 22.4 Å². The number of nitrogens with zero attached hydrogens (tertiary/aromatic N) is 1. The van der Waals surface area contributed by atoms with E-state index in [2.05, 4.69) is 10.1 Å². The van der Waals surface area contributed by atoms with Gasteiger partial charge >= 0.3 is 6.61 Å². The normalized spacial score (nSPS) is 11.1. The van der Waals surface area contributed by atoms with Gasteiger partial charge in [0.05, 0.1) is 5.69 Å². The largest absolute Gasteiger partial charge is 0.434 e. The number of carbonyl (C=O) groups excluding carboxylic acids is 1. The number of alkyl halides is 2. The van der Waals surface area contributed by atoms with E-state index in [0.717, 1.165) is 18.2 Å². The summed E-state index contributed by atoms with van der Waals surface area (Å²) in [6.07, 6.45) is 1.02. The molecule has 0 aliphatic heterocycles. The maximum atomic E-state index is 13.6. The Morgan fingerprint density at radius 3 is 2.56 bits per heavy atom. The molecule has 4 nitrogen and oxygen atoms in total. The molecule has 0 aliphatic carbocycles. The summed E-state index contributed by atoms with van der Waals surface area (Å²) in [5.74, 6) is -3.07. The number of ether oxygens (including phenoxy) is 1. The van der Waals surface area contributed by atoms with Gasteiger partial charge < -0.3 is 10.1 Å². The number of nitrogens with one attached hydrogen (secondary N) is 1. The number of para-hydroxylation sites is 1. The average molecular weight is 350 g/mol. The first-order valence-corrected chi connectivity index (χ1v) is 6.82. The Hall–Kier alpha value is -3.34. The Balaban J connectivity index is 2.28. The highest BCUT2D eigenvalue weighted by Gasteiger charge is 2.14. The highest BCUT2D eigenvalue weighted by molar-refractivity contribution is 6.09. The maximum absolute atomic E-state index is 13.6. The van der Waals surface area contributed by atoms with Crippen molar-refractivity contribution >= 4 is 17.7 Å². The average Bonchev–Trinajstić information content (AvgIpc) is 2.56. The number of hydrogen-bond acceptors (Lipinski definition) is 3. The van der Waals surface area contributed by atoms with Crippen molar-refractivity contribution in [2.24, 2.45) is 0 Å². The van der Waals surface area contributed by atoms with E-state index in [1.54, 1.807) is 6.07 Å². The zero-order chi connectivity index (χ0) is 18.4. The lowest BCUT2D eigenvalue weighted by Crippen LogP contribution is -2.14. The summed E-state index contributed by atoms with van der Waals surface area (Å²) in [4.78, 5) is 12.1. The lowest BCUT2D eigenvalue weighted by atomic mass is 10.1. The number of nitriles is 1. The van der Waals surface area contributed by atoms with Gasteiger partial charge in [0.2, 0.25) is 0 Å². The predicted molar refractivity (Wildman–Crippen MR) is 81.7 cm³/mol. The molecule has 128 valence electrons. The van der Waals surface area contributed by atoms with Gasteiger partial charge in [0.15, 0.2) is 0 Å². The fourth-order valence-electron chi connectivity index (χ4n) is 1.89. The Kier molecular flexibility index (Phi) is 5.74. The first-order valence-electron chi connectivity index (χ1n) is 6.82. The van der Waals surface area contributed by atoms with E-state index in [-0.39, 0.29) is 17.0 Å². The third-order valence-corrected chi connectivity index (χ3v) is 2.98. The van der Waals surface area contributed by atoms with E-state index in [1.807, 2.05) is 0 Å². The van der Waals surface area contributed by atoms with Crippen LogP contribution in [-0.4, -0.2) is 12.5 Å². The Morgan fingerprint density at radius 1 is 1.20 bits per heavy atom. The van der Waals surface area contributed by atoms with Crippen molar-refractivity contribution in [3.63, 3.8) is 0 Å². The fraction of sp³-hybridized carbons (Fsp3) is 0.0588. The van der Waals surface area contributed by atoms with Crippen LogP contribution in [0.5, 0.6) is 5.75 Å². The summed E-state index contributed by atoms with van der Waals surface area (Å²) in [6, 6.07) is 9.62. The van der Waals surface area contributed by atoms with Crippen LogP contribution in [0.15, 0.2) is 48.0 Å². The summed E-state index contributed by atoms with van der Waals surface area (Å²) in [5, 5.41) is 11.2. The predicted octanol–water partition coefficient (Wildman–Crippen LogP) is 4.11. The van der Waals surface area contributed by atoms with Crippen LogP contribution >= 0.6 is 0 Å². The van der Waals surface area contributed by atoms with Gasteiger partial charge in [0.25, 0.3) is 5.91 Å². The van der Waals surface area contributed by atoms with Crippen molar-refractivity contribution in [3.05, 3.63) is 65.2 Å². The molecule has 0 heterocycles. The lowest BCUT2D eigenvalue weighted by molar-refractivity contribution is -0.112. The van der Waals surface area contributed by atoms with Gasteiger partial charge in [-0.2, -0.15) is 14.0 Å². The van der Waals surface area contributed by atoms with Crippen molar-refractivity contribution in [2.45, 2.75) is 6.61 Å². The van der Waals surface area contributed by atoms with Crippen LogP contribution < -0.4 is 10.1 Å². The molecular formula is C17H10F4N2O2. The quantitative estimate of drug-likeness (QED) is 0.501. The zero-order valence-electron chi connectivity index (χ0n) is 12.5. The van der Waals surface area contributed by atoms with Crippen LogP contribution in [0.1, 0.15) is 5.56 Å². The summed E-state index contributed by atoms with van der Waals surface area (Å²) in [6.45, 7) is -3.08. The molecule has 0 spiro atoms. The zero-order valence-corrected chi connectivity index (χ0v) is 12.5. The van der Waals surface area contributed by atoms with Gasteiger partial charge in [-0.3, -0.25) is 4.79 Å². The number of amides is 1. The highest BCUT2D eigenvalue weighted by atomic mass is 19.3. The second-order valence-corrected chi connectivity index (χ2v) is 4.66. The molecule has 8 heteroatoms. The molecule has 2 aromatic carbocycles. The molecule has 0 unspecified atom stereocenters. The molecule has 25 heavy (non-hydrogen) atoms. The Bertz CT molecular complexity index is 860. The number of benzene rings is 2. The topological polar surface area (TPSA) is 62.1 Å². The molecule has 0 atom stereocenters. The van der Waals surface area contributed by atoms with Gasteiger partial charge in [0, 0.05) is 11.6 Å². The van der Waals surface area contributed by atoms with Crippen LogP contribution in [0.4, 0.5) is 23.2 Å². The molecule has 0 saturated heterocycles. The standard InChI is InChI=1S/C17H10F4N2O2/c18-12-5-6-14(13(19)8-12)23-16(24)11(9-22)7-10-3-1-2-4-15(10)25-17(20)21/h1-8,17H,(H,23,24)/b11-7+. The Morgan fingerprint density at radius 2 is 1.92 bits per heavy atom. The number of rotatable bonds is 5. The van der Waals surface area contributed by atoms with Crippen LogP contribution in [0.3, 0.4) is 0 Å². The van der Waals surface area contributed by atoms with Crippen molar-refractivity contribution < 1.29 is 27.1 Å². The molecular weight excluding hydrogens is 340 g/mol. The molecule has 0 bridgehead atoms. The third-order valence-electron chi connectivity index (χ3n) is 2.98. The monoisotopic (exact) mass is 350 g/mol. The van der Waals surface area contributed by atoms with E-state index in [0.29, 0.717) is 6.07 Å². The molecule has 2 rings (SSSR count). The molecule has 1 N–H and O–H groups in total. The molecule has 0 aromatic heterocycles. The maximum Gasteiger partial charge on any atom is 0.387 e. The van der Waals surface area contributed by atoms with Crippen molar-refractivity contribution in [3.8, 4) is 11.8 Å². The highest BCUT2D eigenvalue weighted by Crippen LogP contribution is 2.23. The summed E-state index contributed by atoms with van der Waals surface area (Å²) in [5.41, 5.74) is -0.743.